The fourth-order valence-corrected chi connectivity index (χ4v) is 2.54. The van der Waals surface area contributed by atoms with Crippen LogP contribution in [0.2, 0.25) is 0 Å². The van der Waals surface area contributed by atoms with Crippen molar-refractivity contribution in [3.05, 3.63) is 57.5 Å². The van der Waals surface area contributed by atoms with E-state index in [2.05, 4.69) is 10.2 Å². The van der Waals surface area contributed by atoms with Gasteiger partial charge in [-0.3, -0.25) is 9.89 Å². The van der Waals surface area contributed by atoms with E-state index in [9.17, 15) is 15.3 Å². The zero-order valence-electron chi connectivity index (χ0n) is 11.8. The van der Waals surface area contributed by atoms with E-state index in [1.165, 1.54) is 0 Å². The van der Waals surface area contributed by atoms with Crippen molar-refractivity contribution < 1.29 is 0 Å². The van der Waals surface area contributed by atoms with Crippen molar-refractivity contribution in [2.24, 2.45) is 5.92 Å². The Morgan fingerprint density at radius 2 is 1.81 bits per heavy atom. The highest BCUT2D eigenvalue weighted by atomic mass is 16.1. The summed E-state index contributed by atoms with van der Waals surface area (Å²) in [4.78, 5) is 12.2. The molecule has 0 unspecified atom stereocenters. The van der Waals surface area contributed by atoms with Crippen molar-refractivity contribution >= 4 is 0 Å². The normalized spacial score (nSPS) is 11.8. The Hall–Kier alpha value is -2.79. The maximum atomic E-state index is 12.2. The predicted molar refractivity (Wildman–Crippen MR) is 78.4 cm³/mol. The molecule has 5 heteroatoms. The molecule has 0 aliphatic rings. The Bertz CT molecular complexity index is 716. The second-order valence-corrected chi connectivity index (χ2v) is 4.85. The molecule has 0 fully saturated rings. The van der Waals surface area contributed by atoms with E-state index >= 15 is 0 Å². The highest BCUT2D eigenvalue weighted by Crippen LogP contribution is 2.31. The van der Waals surface area contributed by atoms with E-state index in [4.69, 9.17) is 0 Å². The highest BCUT2D eigenvalue weighted by Gasteiger charge is 2.30. The number of hydrogen-bond acceptors (Lipinski definition) is 3. The van der Waals surface area contributed by atoms with Crippen LogP contribution in [0.15, 0.2) is 35.1 Å². The molecule has 0 radical (unpaired) electrons. The number of aromatic amines is 2. The summed E-state index contributed by atoms with van der Waals surface area (Å²) in [6, 6.07) is 13.2. The lowest BCUT2D eigenvalue weighted by Gasteiger charge is -2.17. The highest BCUT2D eigenvalue weighted by molar-refractivity contribution is 5.38. The molecule has 1 aromatic heterocycles. The minimum Gasteiger partial charge on any atom is -0.302 e. The monoisotopic (exact) mass is 280 g/mol. The second-order valence-electron chi connectivity index (χ2n) is 4.85. The van der Waals surface area contributed by atoms with Gasteiger partial charge in [0.1, 0.15) is 5.92 Å². The summed E-state index contributed by atoms with van der Waals surface area (Å²) in [5, 5.41) is 24.0. The van der Waals surface area contributed by atoms with Gasteiger partial charge in [-0.2, -0.15) is 10.5 Å². The molecule has 0 bridgehead atoms. The van der Waals surface area contributed by atoms with Gasteiger partial charge in [-0.15, -0.1) is 0 Å². The molecule has 5 nitrogen and oxygen atoms in total. The fourth-order valence-electron chi connectivity index (χ4n) is 2.54. The number of rotatable bonds is 5. The molecule has 0 aliphatic carbocycles. The molecule has 2 aromatic rings. The summed E-state index contributed by atoms with van der Waals surface area (Å²) >= 11 is 0. The van der Waals surface area contributed by atoms with E-state index in [1.807, 2.05) is 49.4 Å². The summed E-state index contributed by atoms with van der Waals surface area (Å²) < 4.78 is 0. The topological polar surface area (TPSA) is 96.2 Å². The van der Waals surface area contributed by atoms with Gasteiger partial charge in [-0.05, 0) is 12.0 Å². The van der Waals surface area contributed by atoms with Gasteiger partial charge in [0.15, 0.2) is 0 Å². The molecule has 2 rings (SSSR count). The number of hydrogen-bond donors (Lipinski definition) is 2. The molecule has 0 aliphatic heterocycles. The molecule has 2 N–H and O–H groups in total. The molecule has 1 aromatic carbocycles. The first-order chi connectivity index (χ1) is 10.2. The van der Waals surface area contributed by atoms with E-state index < -0.39 is 11.8 Å². The third-order valence-corrected chi connectivity index (χ3v) is 3.48. The van der Waals surface area contributed by atoms with Crippen LogP contribution in [0, 0.1) is 28.6 Å². The van der Waals surface area contributed by atoms with Gasteiger partial charge in [-0.1, -0.05) is 43.7 Å². The van der Waals surface area contributed by atoms with Crippen LogP contribution in [0.5, 0.6) is 0 Å². The zero-order chi connectivity index (χ0) is 15.2. The number of nitriles is 2. The number of aromatic nitrogens is 2. The van der Waals surface area contributed by atoms with Crippen LogP contribution in [0.3, 0.4) is 0 Å². The van der Waals surface area contributed by atoms with Crippen LogP contribution in [-0.2, 0) is 6.42 Å². The van der Waals surface area contributed by atoms with Crippen molar-refractivity contribution in [2.45, 2.75) is 25.7 Å². The van der Waals surface area contributed by atoms with Gasteiger partial charge >= 0.3 is 0 Å². The SMILES string of the molecule is CCCc1[nH][nH]c(=O)c1[C@H](c1ccccc1)C(C#N)C#N. The molecule has 0 saturated heterocycles. The summed E-state index contributed by atoms with van der Waals surface area (Å²) in [7, 11) is 0. The fraction of sp³-hybridized carbons (Fsp3) is 0.312. The van der Waals surface area contributed by atoms with Crippen LogP contribution in [0.25, 0.3) is 0 Å². The minimum atomic E-state index is -0.903. The molecular formula is C16H16N4O. The quantitative estimate of drug-likeness (QED) is 0.880. The maximum absolute atomic E-state index is 12.2. The van der Waals surface area contributed by atoms with Gasteiger partial charge in [0, 0.05) is 17.2 Å². The summed E-state index contributed by atoms with van der Waals surface area (Å²) in [6.45, 7) is 2.01. The summed E-state index contributed by atoms with van der Waals surface area (Å²) in [6.07, 6.45) is 1.56. The summed E-state index contributed by atoms with van der Waals surface area (Å²) in [5.41, 5.74) is 1.80. The lowest BCUT2D eigenvalue weighted by molar-refractivity contribution is 0.692. The van der Waals surface area contributed by atoms with Crippen molar-refractivity contribution in [3.8, 4) is 12.1 Å². The first-order valence-corrected chi connectivity index (χ1v) is 6.86. The van der Waals surface area contributed by atoms with Crippen molar-refractivity contribution in [1.82, 2.24) is 10.2 Å². The Kier molecular flexibility index (Phi) is 4.58. The maximum Gasteiger partial charge on any atom is 0.268 e. The number of aryl methyl sites for hydroxylation is 1. The first-order valence-electron chi connectivity index (χ1n) is 6.86. The van der Waals surface area contributed by atoms with Crippen LogP contribution in [0.1, 0.15) is 36.1 Å². The Balaban J connectivity index is 2.62. The molecule has 106 valence electrons. The lowest BCUT2D eigenvalue weighted by atomic mass is 9.81. The Morgan fingerprint density at radius 3 is 2.38 bits per heavy atom. The van der Waals surface area contributed by atoms with Crippen molar-refractivity contribution in [3.63, 3.8) is 0 Å². The Morgan fingerprint density at radius 1 is 1.14 bits per heavy atom. The van der Waals surface area contributed by atoms with Gasteiger partial charge in [-0.25, -0.2) is 0 Å². The molecular weight excluding hydrogens is 264 g/mol. The minimum absolute atomic E-state index is 0.261. The third-order valence-electron chi connectivity index (χ3n) is 3.48. The molecule has 21 heavy (non-hydrogen) atoms. The number of H-pyrrole nitrogens is 2. The third kappa shape index (κ3) is 2.88. The molecule has 1 heterocycles. The van der Waals surface area contributed by atoms with E-state index in [0.717, 1.165) is 17.7 Å². The standard InChI is InChI=1S/C16H16N4O/c1-2-6-13-15(16(21)20-19-13)14(12(9-17)10-18)11-7-4-3-5-8-11/h3-5,7-8,12,14H,2,6H2,1H3,(H2,19,20,21)/t14-/m1/s1. The smallest absolute Gasteiger partial charge is 0.268 e. The van der Waals surface area contributed by atoms with Gasteiger partial charge in [0.25, 0.3) is 5.56 Å². The largest absolute Gasteiger partial charge is 0.302 e. The molecule has 0 amide bonds. The van der Waals surface area contributed by atoms with Gasteiger partial charge in [0.2, 0.25) is 0 Å². The van der Waals surface area contributed by atoms with Crippen LogP contribution < -0.4 is 5.56 Å². The van der Waals surface area contributed by atoms with Gasteiger partial charge in [0.05, 0.1) is 12.1 Å². The molecule has 0 spiro atoms. The number of benzene rings is 1. The second kappa shape index (κ2) is 6.58. The van der Waals surface area contributed by atoms with E-state index in [0.29, 0.717) is 12.0 Å². The van der Waals surface area contributed by atoms with Gasteiger partial charge < -0.3 is 5.10 Å². The van der Waals surface area contributed by atoms with Crippen LogP contribution in [-0.4, -0.2) is 10.2 Å². The van der Waals surface area contributed by atoms with E-state index in [-0.39, 0.29) is 5.56 Å². The van der Waals surface area contributed by atoms with Crippen LogP contribution in [0.4, 0.5) is 0 Å². The average Bonchev–Trinajstić information content (AvgIpc) is 2.87. The number of nitrogens with zero attached hydrogens (tertiary/aromatic N) is 2. The lowest BCUT2D eigenvalue weighted by Crippen LogP contribution is -2.19. The van der Waals surface area contributed by atoms with E-state index in [1.54, 1.807) is 0 Å². The van der Waals surface area contributed by atoms with Crippen molar-refractivity contribution in [2.75, 3.05) is 0 Å². The average molecular weight is 280 g/mol. The molecule has 0 saturated carbocycles. The number of nitrogens with one attached hydrogen (secondary N) is 2. The summed E-state index contributed by atoms with van der Waals surface area (Å²) in [5.74, 6) is -1.45. The predicted octanol–water partition coefficient (Wildman–Crippen LogP) is 2.45. The zero-order valence-corrected chi connectivity index (χ0v) is 11.8. The first kappa shape index (κ1) is 14.6. The van der Waals surface area contributed by atoms with Crippen LogP contribution >= 0.6 is 0 Å². The van der Waals surface area contributed by atoms with Crippen molar-refractivity contribution in [1.29, 1.82) is 10.5 Å². The molecule has 1 atom stereocenters. The Labute approximate surface area is 122 Å².